The molecule has 1 atom stereocenters. The number of carbonyl (C=O) groups is 1. The largest absolute Gasteiger partial charge is 0.329 e. The second-order valence-electron chi connectivity index (χ2n) is 6.32. The maximum Gasteiger partial charge on any atom is 0.254 e. The smallest absolute Gasteiger partial charge is 0.254 e. The van der Waals surface area contributed by atoms with E-state index in [2.05, 4.69) is 10.3 Å². The molecule has 1 aliphatic rings. The minimum absolute atomic E-state index is 0. The number of hydrogen-bond acceptors (Lipinski definition) is 5. The standard InChI is InChI=1S/C18H22N4O3S.ClH/c1-21(2)26(24,25)16-7-3-5-14(11-16)18(23)22-10-9-20-13-17(22)15-6-4-8-19-12-15;/h3-8,11-12,17,20H,9-10,13H2,1-2H3;1H. The lowest BCUT2D eigenvalue weighted by atomic mass is 10.0. The first-order valence-electron chi connectivity index (χ1n) is 8.35. The molecule has 0 radical (unpaired) electrons. The molecule has 1 saturated heterocycles. The highest BCUT2D eigenvalue weighted by atomic mass is 35.5. The van der Waals surface area contributed by atoms with Gasteiger partial charge in [0.25, 0.3) is 5.91 Å². The summed E-state index contributed by atoms with van der Waals surface area (Å²) in [6.07, 6.45) is 3.45. The maximum atomic E-state index is 13.1. The van der Waals surface area contributed by atoms with Crippen molar-refractivity contribution in [1.82, 2.24) is 19.5 Å². The fourth-order valence-corrected chi connectivity index (χ4v) is 3.93. The summed E-state index contributed by atoms with van der Waals surface area (Å²) >= 11 is 0. The predicted octanol–water partition coefficient (Wildman–Crippen LogP) is 1.54. The number of piperazine rings is 1. The zero-order valence-electron chi connectivity index (χ0n) is 15.2. The molecule has 1 aromatic carbocycles. The molecule has 2 heterocycles. The van der Waals surface area contributed by atoms with Crippen molar-refractivity contribution < 1.29 is 13.2 Å². The summed E-state index contributed by atoms with van der Waals surface area (Å²) in [5.41, 5.74) is 1.31. The number of rotatable bonds is 4. The van der Waals surface area contributed by atoms with E-state index in [-0.39, 0.29) is 29.3 Å². The molecule has 27 heavy (non-hydrogen) atoms. The number of sulfonamides is 1. The lowest BCUT2D eigenvalue weighted by molar-refractivity contribution is 0.0633. The molecule has 1 aliphatic heterocycles. The van der Waals surface area contributed by atoms with Gasteiger partial charge in [-0.25, -0.2) is 12.7 Å². The summed E-state index contributed by atoms with van der Waals surface area (Å²) in [6, 6.07) is 9.85. The van der Waals surface area contributed by atoms with Crippen LogP contribution in [0, 0.1) is 0 Å². The van der Waals surface area contributed by atoms with Crippen molar-refractivity contribution in [1.29, 1.82) is 0 Å². The number of hydrogen-bond donors (Lipinski definition) is 1. The Hall–Kier alpha value is -2.00. The van der Waals surface area contributed by atoms with Crippen molar-refractivity contribution in [3.05, 3.63) is 59.9 Å². The molecular formula is C18H23ClN4O3S. The number of carbonyl (C=O) groups excluding carboxylic acids is 1. The molecule has 1 N–H and O–H groups in total. The highest BCUT2D eigenvalue weighted by molar-refractivity contribution is 7.89. The fourth-order valence-electron chi connectivity index (χ4n) is 2.98. The van der Waals surface area contributed by atoms with E-state index in [4.69, 9.17) is 0 Å². The summed E-state index contributed by atoms with van der Waals surface area (Å²) in [4.78, 5) is 19.1. The minimum atomic E-state index is -3.59. The van der Waals surface area contributed by atoms with Gasteiger partial charge >= 0.3 is 0 Å². The Morgan fingerprint density at radius 1 is 1.26 bits per heavy atom. The third kappa shape index (κ3) is 4.47. The Labute approximate surface area is 165 Å². The van der Waals surface area contributed by atoms with Crippen LogP contribution in [0.3, 0.4) is 0 Å². The van der Waals surface area contributed by atoms with Crippen LogP contribution in [0.4, 0.5) is 0 Å². The van der Waals surface area contributed by atoms with Gasteiger partial charge in [0, 0.05) is 51.7 Å². The van der Waals surface area contributed by atoms with Crippen LogP contribution in [0.2, 0.25) is 0 Å². The zero-order chi connectivity index (χ0) is 18.7. The van der Waals surface area contributed by atoms with Crippen molar-refractivity contribution in [2.24, 2.45) is 0 Å². The molecule has 0 bridgehead atoms. The summed E-state index contributed by atoms with van der Waals surface area (Å²) in [6.45, 7) is 1.87. The molecule has 1 aromatic heterocycles. The monoisotopic (exact) mass is 410 g/mol. The van der Waals surface area contributed by atoms with Crippen LogP contribution >= 0.6 is 12.4 Å². The van der Waals surface area contributed by atoms with Crippen LogP contribution in [0.1, 0.15) is 22.0 Å². The topological polar surface area (TPSA) is 82.6 Å². The van der Waals surface area contributed by atoms with E-state index in [9.17, 15) is 13.2 Å². The lowest BCUT2D eigenvalue weighted by Crippen LogP contribution is -2.48. The van der Waals surface area contributed by atoms with Crippen LogP contribution in [0.15, 0.2) is 53.7 Å². The second kappa shape index (κ2) is 8.79. The predicted molar refractivity (Wildman–Crippen MR) is 105 cm³/mol. The van der Waals surface area contributed by atoms with Gasteiger partial charge in [-0.1, -0.05) is 12.1 Å². The Kier molecular flexibility index (Phi) is 6.94. The average Bonchev–Trinajstić information content (AvgIpc) is 2.68. The van der Waals surface area contributed by atoms with Crippen molar-refractivity contribution in [2.45, 2.75) is 10.9 Å². The first kappa shape index (κ1) is 21.3. The normalized spacial score (nSPS) is 17.4. The Balaban J connectivity index is 0.00000261. The van der Waals surface area contributed by atoms with Crippen LogP contribution in [0.5, 0.6) is 0 Å². The van der Waals surface area contributed by atoms with Gasteiger partial charge in [-0.15, -0.1) is 12.4 Å². The molecule has 1 unspecified atom stereocenters. The van der Waals surface area contributed by atoms with Gasteiger partial charge in [0.1, 0.15) is 0 Å². The molecule has 0 spiro atoms. The van der Waals surface area contributed by atoms with Crippen molar-refractivity contribution >= 4 is 28.3 Å². The molecule has 2 aromatic rings. The number of aromatic nitrogens is 1. The molecule has 146 valence electrons. The van der Waals surface area contributed by atoms with Crippen LogP contribution in [-0.4, -0.2) is 62.2 Å². The zero-order valence-corrected chi connectivity index (χ0v) is 16.8. The van der Waals surface area contributed by atoms with Gasteiger partial charge in [-0.05, 0) is 29.8 Å². The van der Waals surface area contributed by atoms with E-state index in [1.165, 1.54) is 26.2 Å². The van der Waals surface area contributed by atoms with Gasteiger partial charge < -0.3 is 10.2 Å². The summed E-state index contributed by atoms with van der Waals surface area (Å²) < 4.78 is 25.8. The van der Waals surface area contributed by atoms with Crippen molar-refractivity contribution in [3.8, 4) is 0 Å². The molecule has 9 heteroatoms. The van der Waals surface area contributed by atoms with E-state index in [0.717, 1.165) is 9.87 Å². The number of pyridine rings is 1. The van der Waals surface area contributed by atoms with Gasteiger partial charge in [0.15, 0.2) is 0 Å². The van der Waals surface area contributed by atoms with Crippen molar-refractivity contribution in [2.75, 3.05) is 33.7 Å². The Bertz CT molecular complexity index is 890. The number of nitrogens with one attached hydrogen (secondary N) is 1. The molecule has 3 rings (SSSR count). The molecule has 0 aliphatic carbocycles. The van der Waals surface area contributed by atoms with Gasteiger partial charge in [-0.3, -0.25) is 9.78 Å². The van der Waals surface area contributed by atoms with Crippen LogP contribution in [-0.2, 0) is 10.0 Å². The first-order chi connectivity index (χ1) is 12.4. The summed E-state index contributed by atoms with van der Waals surface area (Å²) in [5.74, 6) is -0.184. The summed E-state index contributed by atoms with van der Waals surface area (Å²) in [7, 11) is -0.647. The van der Waals surface area contributed by atoms with E-state index in [1.807, 2.05) is 12.1 Å². The summed E-state index contributed by atoms with van der Waals surface area (Å²) in [5, 5.41) is 3.30. The average molecular weight is 411 g/mol. The third-order valence-electron chi connectivity index (χ3n) is 4.43. The SMILES string of the molecule is CN(C)S(=O)(=O)c1cccc(C(=O)N2CCNCC2c2cccnc2)c1.Cl. The highest BCUT2D eigenvalue weighted by Crippen LogP contribution is 2.24. The number of amides is 1. The number of benzene rings is 1. The number of nitrogens with zero attached hydrogens (tertiary/aromatic N) is 3. The molecule has 1 fully saturated rings. The van der Waals surface area contributed by atoms with Gasteiger partial charge in [0.2, 0.25) is 10.0 Å². The second-order valence-corrected chi connectivity index (χ2v) is 8.47. The van der Waals surface area contributed by atoms with E-state index < -0.39 is 10.0 Å². The molecule has 7 nitrogen and oxygen atoms in total. The Morgan fingerprint density at radius 3 is 2.70 bits per heavy atom. The van der Waals surface area contributed by atoms with Crippen molar-refractivity contribution in [3.63, 3.8) is 0 Å². The molecule has 0 saturated carbocycles. The molecule has 1 amide bonds. The van der Waals surface area contributed by atoms with E-state index in [0.29, 0.717) is 25.2 Å². The molecular weight excluding hydrogens is 388 g/mol. The quantitative estimate of drug-likeness (QED) is 0.826. The highest BCUT2D eigenvalue weighted by Gasteiger charge is 2.29. The van der Waals surface area contributed by atoms with E-state index >= 15 is 0 Å². The third-order valence-corrected chi connectivity index (χ3v) is 6.24. The maximum absolute atomic E-state index is 13.1. The fraction of sp³-hybridized carbons (Fsp3) is 0.333. The van der Waals surface area contributed by atoms with Crippen LogP contribution in [0.25, 0.3) is 0 Å². The van der Waals surface area contributed by atoms with Gasteiger partial charge in [0.05, 0.1) is 10.9 Å². The Morgan fingerprint density at radius 2 is 2.04 bits per heavy atom. The van der Waals surface area contributed by atoms with E-state index in [1.54, 1.807) is 29.4 Å². The van der Waals surface area contributed by atoms with Crippen LogP contribution < -0.4 is 5.32 Å². The van der Waals surface area contributed by atoms with Gasteiger partial charge in [-0.2, -0.15) is 0 Å². The minimum Gasteiger partial charge on any atom is -0.329 e. The lowest BCUT2D eigenvalue weighted by Gasteiger charge is -2.36. The first-order valence-corrected chi connectivity index (χ1v) is 9.79. The number of halogens is 1.